The van der Waals surface area contributed by atoms with Crippen molar-refractivity contribution < 1.29 is 14.0 Å². The molecule has 2 aliphatic rings. The Balaban J connectivity index is 1.39. The number of Topliss-reactive ketones (excluding diaryl/α,β-unsaturated/α-hetero) is 1. The molecule has 4 rings (SSSR count). The summed E-state index contributed by atoms with van der Waals surface area (Å²) in [5, 5.41) is 11.2. The fraction of sp³-hybridized carbons (Fsp3) is 0.500. The number of nitrogens with zero attached hydrogens (tertiary/aromatic N) is 2. The summed E-state index contributed by atoms with van der Waals surface area (Å²) in [7, 11) is 0. The van der Waals surface area contributed by atoms with Gasteiger partial charge in [0.2, 0.25) is 11.0 Å². The second-order valence-electron chi connectivity index (χ2n) is 8.33. The van der Waals surface area contributed by atoms with Gasteiger partial charge in [-0.3, -0.25) is 9.59 Å². The molecule has 1 N–H and O–H groups in total. The number of halogens is 1. The first-order valence-electron chi connectivity index (χ1n) is 9.29. The minimum Gasteiger partial charge on any atom is -0.300 e. The van der Waals surface area contributed by atoms with Crippen molar-refractivity contribution in [2.45, 2.75) is 49.6 Å². The maximum atomic E-state index is 13.0. The minimum atomic E-state index is -0.331. The molecule has 3 atom stereocenters. The molecule has 5 nitrogen and oxygen atoms in total. The van der Waals surface area contributed by atoms with Crippen LogP contribution in [0.25, 0.3) is 0 Å². The van der Waals surface area contributed by atoms with Crippen molar-refractivity contribution in [1.82, 2.24) is 10.2 Å². The number of amides is 1. The van der Waals surface area contributed by atoms with Gasteiger partial charge in [0, 0.05) is 5.41 Å². The van der Waals surface area contributed by atoms with Crippen molar-refractivity contribution in [3.63, 3.8) is 0 Å². The molecule has 2 fully saturated rings. The Morgan fingerprint density at radius 3 is 2.64 bits per heavy atom. The lowest BCUT2D eigenvalue weighted by molar-refractivity contribution is -0.127. The number of carbonyl (C=O) groups excluding carboxylic acids is 2. The van der Waals surface area contributed by atoms with E-state index in [9.17, 15) is 14.0 Å². The van der Waals surface area contributed by atoms with Gasteiger partial charge in [0.05, 0.1) is 11.7 Å². The highest BCUT2D eigenvalue weighted by Crippen LogP contribution is 2.66. The number of nitrogens with one attached hydrogen (secondary N) is 1. The molecule has 1 amide bonds. The molecule has 2 aromatic rings. The first-order valence-corrected chi connectivity index (χ1v) is 11.0. The van der Waals surface area contributed by atoms with Gasteiger partial charge in [-0.25, -0.2) is 4.39 Å². The fourth-order valence-corrected chi connectivity index (χ4v) is 7.05. The smallest absolute Gasteiger partial charge is 0.230 e. The van der Waals surface area contributed by atoms with Crippen LogP contribution in [0.4, 0.5) is 9.52 Å². The lowest BCUT2D eigenvalue weighted by atomic mass is 9.70. The maximum Gasteiger partial charge on any atom is 0.230 e. The van der Waals surface area contributed by atoms with Crippen LogP contribution >= 0.6 is 23.1 Å². The molecule has 0 radical (unpaired) electrons. The summed E-state index contributed by atoms with van der Waals surface area (Å²) in [5.74, 6) is 0.0948. The second-order valence-corrected chi connectivity index (χ2v) is 10.7. The average Bonchev–Trinajstić information content (AvgIpc) is 3.20. The van der Waals surface area contributed by atoms with E-state index in [4.69, 9.17) is 0 Å². The van der Waals surface area contributed by atoms with Crippen molar-refractivity contribution >= 4 is 39.9 Å². The number of thioether (sulfide) groups is 1. The molecule has 2 bridgehead atoms. The Bertz CT molecular complexity index is 928. The third-order valence-electron chi connectivity index (χ3n) is 6.63. The van der Waals surface area contributed by atoms with Gasteiger partial charge >= 0.3 is 0 Å². The van der Waals surface area contributed by atoms with E-state index >= 15 is 0 Å². The second kappa shape index (κ2) is 6.91. The van der Waals surface area contributed by atoms with Gasteiger partial charge in [0.25, 0.3) is 0 Å². The maximum absolute atomic E-state index is 13.0. The summed E-state index contributed by atoms with van der Waals surface area (Å²) in [6.45, 7) is 6.49. The van der Waals surface area contributed by atoms with Gasteiger partial charge in [0.15, 0.2) is 10.1 Å². The van der Waals surface area contributed by atoms with Crippen LogP contribution in [-0.2, 0) is 16.0 Å². The minimum absolute atomic E-state index is 0.00135. The lowest BCUT2D eigenvalue weighted by Gasteiger charge is -2.32. The molecule has 28 heavy (non-hydrogen) atoms. The summed E-state index contributed by atoms with van der Waals surface area (Å²) in [6.07, 6.45) is 2.16. The van der Waals surface area contributed by atoms with E-state index in [1.807, 2.05) is 0 Å². The summed E-state index contributed by atoms with van der Waals surface area (Å²) in [5.41, 5.74) is 0.464. The summed E-state index contributed by atoms with van der Waals surface area (Å²) in [6, 6.07) is 5.83. The zero-order valence-corrected chi connectivity index (χ0v) is 17.6. The highest BCUT2D eigenvalue weighted by Gasteiger charge is 2.66. The number of aromatic nitrogens is 2. The van der Waals surface area contributed by atoms with Gasteiger partial charge in [-0.1, -0.05) is 56.0 Å². The number of hydrogen-bond acceptors (Lipinski definition) is 6. The molecular weight excluding hydrogens is 397 g/mol. The normalized spacial score (nSPS) is 27.9. The van der Waals surface area contributed by atoms with E-state index in [0.29, 0.717) is 21.2 Å². The van der Waals surface area contributed by atoms with Gasteiger partial charge < -0.3 is 5.32 Å². The molecule has 1 aromatic heterocycles. The highest BCUT2D eigenvalue weighted by molar-refractivity contribution is 8.02. The third-order valence-corrected chi connectivity index (χ3v) is 8.88. The SMILES string of the molecule is CC12CCC(C(Sc3nnc(NC(=O)Cc4ccc(F)cc4)s3)C1=O)C2(C)C. The largest absolute Gasteiger partial charge is 0.300 e. The summed E-state index contributed by atoms with van der Waals surface area (Å²) < 4.78 is 13.6. The number of carbonyl (C=O) groups is 2. The van der Waals surface area contributed by atoms with Crippen LogP contribution in [0.5, 0.6) is 0 Å². The average molecular weight is 420 g/mol. The Hall–Kier alpha value is -1.80. The van der Waals surface area contributed by atoms with Crippen molar-refractivity contribution in [2.24, 2.45) is 16.7 Å². The van der Waals surface area contributed by atoms with Gasteiger partial charge in [0.1, 0.15) is 5.82 Å². The molecule has 1 heterocycles. The van der Waals surface area contributed by atoms with E-state index in [1.54, 1.807) is 12.1 Å². The number of anilines is 1. The Kier molecular flexibility index (Phi) is 4.82. The predicted molar refractivity (Wildman–Crippen MR) is 108 cm³/mol. The van der Waals surface area contributed by atoms with Crippen LogP contribution in [0, 0.1) is 22.6 Å². The Labute approximate surface area is 171 Å². The van der Waals surface area contributed by atoms with E-state index in [2.05, 4.69) is 36.3 Å². The Morgan fingerprint density at radius 1 is 1.29 bits per heavy atom. The zero-order chi connectivity index (χ0) is 20.1. The summed E-state index contributed by atoms with van der Waals surface area (Å²) >= 11 is 2.77. The molecule has 0 spiro atoms. The molecule has 2 aliphatic carbocycles. The quantitative estimate of drug-likeness (QED) is 0.730. The van der Waals surface area contributed by atoms with Crippen molar-refractivity contribution in [3.05, 3.63) is 35.6 Å². The molecule has 8 heteroatoms. The molecular formula is C20H22FN3O2S2. The number of benzene rings is 1. The Morgan fingerprint density at radius 2 is 2.00 bits per heavy atom. The number of fused-ring (bicyclic) bond motifs is 2. The van der Waals surface area contributed by atoms with E-state index < -0.39 is 0 Å². The van der Waals surface area contributed by atoms with Crippen LogP contribution in [0.15, 0.2) is 28.6 Å². The fourth-order valence-electron chi connectivity index (χ4n) is 4.51. The summed E-state index contributed by atoms with van der Waals surface area (Å²) in [4.78, 5) is 25.1. The van der Waals surface area contributed by atoms with Crippen LogP contribution in [0.3, 0.4) is 0 Å². The van der Waals surface area contributed by atoms with Crippen molar-refractivity contribution in [3.8, 4) is 0 Å². The predicted octanol–water partition coefficient (Wildman–Crippen LogP) is 4.34. The highest BCUT2D eigenvalue weighted by atomic mass is 32.2. The number of rotatable bonds is 5. The van der Waals surface area contributed by atoms with E-state index in [0.717, 1.165) is 18.4 Å². The number of ketones is 1. The molecule has 0 aliphatic heterocycles. The van der Waals surface area contributed by atoms with Crippen LogP contribution in [-0.4, -0.2) is 27.1 Å². The van der Waals surface area contributed by atoms with Crippen LogP contribution < -0.4 is 5.32 Å². The van der Waals surface area contributed by atoms with Crippen LogP contribution in [0.2, 0.25) is 0 Å². The number of hydrogen-bond donors (Lipinski definition) is 1. The van der Waals surface area contributed by atoms with E-state index in [1.165, 1.54) is 35.2 Å². The van der Waals surface area contributed by atoms with Gasteiger partial charge in [-0.15, -0.1) is 10.2 Å². The lowest BCUT2D eigenvalue weighted by Crippen LogP contribution is -2.34. The molecule has 0 saturated heterocycles. The molecule has 2 saturated carbocycles. The topological polar surface area (TPSA) is 72.0 Å². The monoisotopic (exact) mass is 419 g/mol. The van der Waals surface area contributed by atoms with E-state index in [-0.39, 0.29) is 34.2 Å². The van der Waals surface area contributed by atoms with Crippen LogP contribution in [0.1, 0.15) is 39.2 Å². The molecule has 3 unspecified atom stereocenters. The molecule has 1 aromatic carbocycles. The van der Waals surface area contributed by atoms with Gasteiger partial charge in [-0.05, 0) is 41.9 Å². The standard InChI is InChI=1S/C20H22FN3O2S2/c1-19(2)13-8-9-20(19,3)16(26)15(13)27-18-24-23-17(28-18)22-14(25)10-11-4-6-12(21)7-5-11/h4-7,13,15H,8-10H2,1-3H3,(H,22,23,25). The third kappa shape index (κ3) is 3.16. The zero-order valence-electron chi connectivity index (χ0n) is 16.0. The van der Waals surface area contributed by atoms with Gasteiger partial charge in [-0.2, -0.15) is 0 Å². The molecule has 148 valence electrons. The first-order chi connectivity index (χ1) is 13.2. The van der Waals surface area contributed by atoms with Crippen molar-refractivity contribution in [2.75, 3.05) is 5.32 Å². The van der Waals surface area contributed by atoms with Crippen molar-refractivity contribution in [1.29, 1.82) is 0 Å². The first kappa shape index (κ1) is 19.5.